The molecule has 5 heteroatoms. The van der Waals surface area contributed by atoms with Crippen LogP contribution >= 0.6 is 0 Å². The molecule has 92 valence electrons. The van der Waals surface area contributed by atoms with E-state index in [1.807, 2.05) is 13.8 Å². The van der Waals surface area contributed by atoms with Gasteiger partial charge in [-0.2, -0.15) is 0 Å². The fraction of sp³-hybridized carbons (Fsp3) is 0.818. The topological polar surface area (TPSA) is 72.6 Å². The zero-order valence-corrected chi connectivity index (χ0v) is 10.2. The van der Waals surface area contributed by atoms with Gasteiger partial charge in [0.15, 0.2) is 0 Å². The third-order valence-electron chi connectivity index (χ3n) is 3.04. The standard InChI is InChI=1S/C11H20N2O3/c1-11(2,16-3)6-7-13-9(14)5-4-8(12)10(13)15/h8H,4-7,12H2,1-3H3. The Labute approximate surface area is 95.9 Å². The van der Waals surface area contributed by atoms with Crippen LogP contribution in [0, 0.1) is 0 Å². The molecular weight excluding hydrogens is 208 g/mol. The van der Waals surface area contributed by atoms with Gasteiger partial charge in [0.25, 0.3) is 0 Å². The van der Waals surface area contributed by atoms with Crippen molar-refractivity contribution >= 4 is 11.8 Å². The summed E-state index contributed by atoms with van der Waals surface area (Å²) in [5, 5.41) is 0. The van der Waals surface area contributed by atoms with Crippen LogP contribution in [0.5, 0.6) is 0 Å². The first kappa shape index (κ1) is 13.1. The molecule has 2 N–H and O–H groups in total. The first-order valence-corrected chi connectivity index (χ1v) is 5.52. The van der Waals surface area contributed by atoms with E-state index in [9.17, 15) is 9.59 Å². The van der Waals surface area contributed by atoms with Crippen LogP contribution in [0.2, 0.25) is 0 Å². The number of nitrogens with zero attached hydrogens (tertiary/aromatic N) is 1. The van der Waals surface area contributed by atoms with Gasteiger partial charge < -0.3 is 10.5 Å². The molecule has 16 heavy (non-hydrogen) atoms. The van der Waals surface area contributed by atoms with Crippen molar-refractivity contribution in [2.24, 2.45) is 5.73 Å². The highest BCUT2D eigenvalue weighted by molar-refractivity contribution is 6.00. The monoisotopic (exact) mass is 228 g/mol. The molecule has 1 unspecified atom stereocenters. The Bertz CT molecular complexity index is 289. The number of hydrogen-bond donors (Lipinski definition) is 1. The molecule has 1 heterocycles. The van der Waals surface area contributed by atoms with Gasteiger partial charge in [0.1, 0.15) is 0 Å². The lowest BCUT2D eigenvalue weighted by Gasteiger charge is -2.31. The summed E-state index contributed by atoms with van der Waals surface area (Å²) in [5.41, 5.74) is 5.30. The Morgan fingerprint density at radius 1 is 1.50 bits per heavy atom. The highest BCUT2D eigenvalue weighted by Gasteiger charge is 2.32. The molecule has 0 bridgehead atoms. The van der Waals surface area contributed by atoms with E-state index < -0.39 is 6.04 Å². The summed E-state index contributed by atoms with van der Waals surface area (Å²) >= 11 is 0. The maximum absolute atomic E-state index is 11.7. The highest BCUT2D eigenvalue weighted by Crippen LogP contribution is 2.17. The van der Waals surface area contributed by atoms with Crippen molar-refractivity contribution in [2.75, 3.05) is 13.7 Å². The van der Waals surface area contributed by atoms with Crippen LogP contribution < -0.4 is 5.73 Å². The number of ether oxygens (including phenoxy) is 1. The number of piperidine rings is 1. The Morgan fingerprint density at radius 2 is 2.12 bits per heavy atom. The molecule has 2 amide bonds. The van der Waals surface area contributed by atoms with Crippen LogP contribution in [-0.2, 0) is 14.3 Å². The number of amides is 2. The molecule has 0 saturated carbocycles. The third-order valence-corrected chi connectivity index (χ3v) is 3.04. The van der Waals surface area contributed by atoms with Gasteiger partial charge in [-0.15, -0.1) is 0 Å². The molecule has 0 aromatic carbocycles. The van der Waals surface area contributed by atoms with E-state index in [4.69, 9.17) is 10.5 Å². The molecule has 1 aliphatic heterocycles. The van der Waals surface area contributed by atoms with Gasteiger partial charge in [-0.3, -0.25) is 14.5 Å². The number of rotatable bonds is 4. The zero-order valence-electron chi connectivity index (χ0n) is 10.2. The second-order valence-electron chi connectivity index (χ2n) is 4.74. The highest BCUT2D eigenvalue weighted by atomic mass is 16.5. The second-order valence-corrected chi connectivity index (χ2v) is 4.74. The molecule has 0 radical (unpaired) electrons. The number of methoxy groups -OCH3 is 1. The number of likely N-dealkylation sites (tertiary alicyclic amines) is 1. The molecule has 1 atom stereocenters. The fourth-order valence-electron chi connectivity index (χ4n) is 1.58. The van der Waals surface area contributed by atoms with Crippen LogP contribution in [0.3, 0.4) is 0 Å². The largest absolute Gasteiger partial charge is 0.379 e. The molecular formula is C11H20N2O3. The van der Waals surface area contributed by atoms with Gasteiger partial charge >= 0.3 is 0 Å². The quantitative estimate of drug-likeness (QED) is 0.701. The van der Waals surface area contributed by atoms with Crippen LogP contribution in [0.4, 0.5) is 0 Å². The summed E-state index contributed by atoms with van der Waals surface area (Å²) < 4.78 is 5.25. The number of hydrogen-bond acceptors (Lipinski definition) is 4. The van der Waals surface area contributed by atoms with Gasteiger partial charge in [0, 0.05) is 20.1 Å². The average Bonchev–Trinajstić information content (AvgIpc) is 2.24. The van der Waals surface area contributed by atoms with E-state index in [0.717, 1.165) is 0 Å². The lowest BCUT2D eigenvalue weighted by atomic mass is 10.0. The molecule has 1 rings (SSSR count). The molecule has 1 fully saturated rings. The normalized spacial score (nSPS) is 22.8. The summed E-state index contributed by atoms with van der Waals surface area (Å²) in [6, 6.07) is -0.525. The number of carbonyl (C=O) groups is 2. The van der Waals surface area contributed by atoms with E-state index in [2.05, 4.69) is 0 Å². The maximum Gasteiger partial charge on any atom is 0.246 e. The first-order valence-electron chi connectivity index (χ1n) is 5.52. The average molecular weight is 228 g/mol. The van der Waals surface area contributed by atoms with Crippen molar-refractivity contribution in [2.45, 2.75) is 44.8 Å². The first-order chi connectivity index (χ1) is 7.37. The van der Waals surface area contributed by atoms with Crippen LogP contribution in [0.15, 0.2) is 0 Å². The van der Waals surface area contributed by atoms with Gasteiger partial charge in [0.05, 0.1) is 11.6 Å². The molecule has 0 aromatic heterocycles. The molecule has 1 saturated heterocycles. The smallest absolute Gasteiger partial charge is 0.246 e. The van der Waals surface area contributed by atoms with E-state index >= 15 is 0 Å². The Hall–Kier alpha value is -0.940. The fourth-order valence-corrected chi connectivity index (χ4v) is 1.58. The van der Waals surface area contributed by atoms with Crippen molar-refractivity contribution in [1.82, 2.24) is 4.90 Å². The number of nitrogens with two attached hydrogens (primary N) is 1. The lowest BCUT2D eigenvalue weighted by molar-refractivity contribution is -0.149. The summed E-state index contributed by atoms with van der Waals surface area (Å²) in [6.07, 6.45) is 1.44. The van der Waals surface area contributed by atoms with Crippen molar-refractivity contribution < 1.29 is 14.3 Å². The summed E-state index contributed by atoms with van der Waals surface area (Å²) in [5.74, 6) is -0.387. The summed E-state index contributed by atoms with van der Waals surface area (Å²) in [6.45, 7) is 4.23. The minimum atomic E-state index is -0.525. The van der Waals surface area contributed by atoms with E-state index in [1.165, 1.54) is 4.90 Å². The summed E-state index contributed by atoms with van der Waals surface area (Å²) in [7, 11) is 1.62. The van der Waals surface area contributed by atoms with Gasteiger partial charge in [0.2, 0.25) is 11.8 Å². The predicted octanol–water partition coefficient (Wildman–Crippen LogP) is 0.278. The van der Waals surface area contributed by atoms with Crippen molar-refractivity contribution in [1.29, 1.82) is 0 Å². The number of imide groups is 1. The lowest BCUT2D eigenvalue weighted by Crippen LogP contribution is -2.52. The van der Waals surface area contributed by atoms with Crippen LogP contribution in [0.1, 0.15) is 33.1 Å². The molecule has 0 spiro atoms. The zero-order chi connectivity index (χ0) is 12.3. The Balaban J connectivity index is 2.58. The molecule has 5 nitrogen and oxygen atoms in total. The van der Waals surface area contributed by atoms with Crippen LogP contribution in [-0.4, -0.2) is 42.0 Å². The maximum atomic E-state index is 11.7. The van der Waals surface area contributed by atoms with Gasteiger partial charge in [-0.1, -0.05) is 0 Å². The van der Waals surface area contributed by atoms with Crippen molar-refractivity contribution in [3.8, 4) is 0 Å². The van der Waals surface area contributed by atoms with Crippen molar-refractivity contribution in [3.05, 3.63) is 0 Å². The molecule has 0 aliphatic carbocycles. The van der Waals surface area contributed by atoms with E-state index in [1.54, 1.807) is 7.11 Å². The SMILES string of the molecule is COC(C)(C)CCN1C(=O)CCC(N)C1=O. The second kappa shape index (κ2) is 4.93. The summed E-state index contributed by atoms with van der Waals surface area (Å²) in [4.78, 5) is 24.5. The Morgan fingerprint density at radius 3 is 2.69 bits per heavy atom. The minimum Gasteiger partial charge on any atom is -0.379 e. The van der Waals surface area contributed by atoms with E-state index in [-0.39, 0.29) is 17.4 Å². The van der Waals surface area contributed by atoms with E-state index in [0.29, 0.717) is 25.8 Å². The van der Waals surface area contributed by atoms with Gasteiger partial charge in [-0.05, 0) is 26.7 Å². The van der Waals surface area contributed by atoms with Crippen LogP contribution in [0.25, 0.3) is 0 Å². The predicted molar refractivity (Wildman–Crippen MR) is 59.6 cm³/mol. The van der Waals surface area contributed by atoms with Gasteiger partial charge in [-0.25, -0.2) is 0 Å². The van der Waals surface area contributed by atoms with Crippen molar-refractivity contribution in [3.63, 3.8) is 0 Å². The molecule has 1 aliphatic rings. The third kappa shape index (κ3) is 3.02. The molecule has 0 aromatic rings. The Kier molecular flexibility index (Phi) is 4.04. The number of carbonyl (C=O) groups excluding carboxylic acids is 2. The minimum absolute atomic E-state index is 0.126.